The lowest BCUT2D eigenvalue weighted by atomic mass is 10.2. The monoisotopic (exact) mass is 345 g/mol. The largest absolute Gasteiger partial charge is 0.415 e. The van der Waals surface area contributed by atoms with Crippen molar-refractivity contribution in [3.8, 4) is 0 Å². The van der Waals surface area contributed by atoms with Gasteiger partial charge in [0.1, 0.15) is 5.82 Å². The molecule has 0 amide bonds. The van der Waals surface area contributed by atoms with Crippen molar-refractivity contribution < 1.29 is 4.43 Å². The molecule has 108 valence electrons. The van der Waals surface area contributed by atoms with Crippen molar-refractivity contribution in [2.45, 2.75) is 38.9 Å². The van der Waals surface area contributed by atoms with Gasteiger partial charge in [-0.05, 0) is 40.1 Å². The molecule has 1 aromatic heterocycles. The fourth-order valence-corrected chi connectivity index (χ4v) is 2.69. The van der Waals surface area contributed by atoms with Gasteiger partial charge in [0.05, 0.1) is 12.3 Å². The Labute approximate surface area is 125 Å². The summed E-state index contributed by atoms with van der Waals surface area (Å²) >= 11 is 3.34. The quantitative estimate of drug-likeness (QED) is 0.628. The Balaban J connectivity index is 2.43. The maximum absolute atomic E-state index is 6.08. The number of nitrogen functional groups attached to an aromatic ring is 1. The van der Waals surface area contributed by atoms with Crippen LogP contribution in [0.3, 0.4) is 0 Å². The molecule has 3 N–H and O–H groups in total. The number of pyridine rings is 1. The van der Waals surface area contributed by atoms with Crippen LogP contribution >= 0.6 is 15.9 Å². The van der Waals surface area contributed by atoms with E-state index in [2.05, 4.69) is 60.1 Å². The van der Waals surface area contributed by atoms with Crippen molar-refractivity contribution in [2.75, 3.05) is 24.2 Å². The maximum atomic E-state index is 6.08. The molecule has 0 saturated carbocycles. The van der Waals surface area contributed by atoms with E-state index in [9.17, 15) is 0 Å². The van der Waals surface area contributed by atoms with Crippen LogP contribution in [0.1, 0.15) is 20.8 Å². The minimum absolute atomic E-state index is 0.238. The average Bonchev–Trinajstić information content (AvgIpc) is 2.25. The van der Waals surface area contributed by atoms with Gasteiger partial charge in [-0.25, -0.2) is 4.98 Å². The molecule has 0 unspecified atom stereocenters. The van der Waals surface area contributed by atoms with Gasteiger partial charge in [0.25, 0.3) is 0 Å². The molecule has 0 saturated heterocycles. The number of aromatic nitrogens is 1. The summed E-state index contributed by atoms with van der Waals surface area (Å²) in [7, 11) is -1.66. The summed E-state index contributed by atoms with van der Waals surface area (Å²) in [5, 5.41) is 3.44. The molecule has 1 heterocycles. The van der Waals surface area contributed by atoms with E-state index in [1.165, 1.54) is 0 Å². The fourth-order valence-electron chi connectivity index (χ4n) is 1.29. The lowest BCUT2D eigenvalue weighted by molar-refractivity contribution is 0.301. The van der Waals surface area contributed by atoms with Crippen LogP contribution in [0.4, 0.5) is 11.5 Å². The molecular formula is C13H24BrN3OSi. The Morgan fingerprint density at radius 2 is 2.05 bits per heavy atom. The summed E-state index contributed by atoms with van der Waals surface area (Å²) in [4.78, 5) is 4.23. The molecule has 0 aliphatic rings. The van der Waals surface area contributed by atoms with E-state index in [1.807, 2.05) is 6.07 Å². The molecule has 0 aliphatic carbocycles. The Morgan fingerprint density at radius 1 is 1.42 bits per heavy atom. The van der Waals surface area contributed by atoms with Crippen molar-refractivity contribution in [2.24, 2.45) is 0 Å². The number of nitrogens with zero attached hydrogens (tertiary/aromatic N) is 1. The summed E-state index contributed by atoms with van der Waals surface area (Å²) in [6.07, 6.45) is 1.73. The minimum Gasteiger partial charge on any atom is -0.415 e. The van der Waals surface area contributed by atoms with Crippen molar-refractivity contribution in [1.29, 1.82) is 0 Å². The van der Waals surface area contributed by atoms with Crippen LogP contribution in [-0.2, 0) is 4.43 Å². The molecule has 0 aliphatic heterocycles. The second-order valence-corrected chi connectivity index (χ2v) is 11.9. The summed E-state index contributed by atoms with van der Waals surface area (Å²) in [6.45, 7) is 12.6. The topological polar surface area (TPSA) is 60.2 Å². The molecule has 4 nitrogen and oxygen atoms in total. The van der Waals surface area contributed by atoms with Crippen LogP contribution in [0.15, 0.2) is 16.7 Å². The molecule has 0 radical (unpaired) electrons. The third-order valence-electron chi connectivity index (χ3n) is 3.55. The van der Waals surface area contributed by atoms with Gasteiger partial charge in [0.2, 0.25) is 0 Å². The van der Waals surface area contributed by atoms with Gasteiger partial charge in [-0.15, -0.1) is 0 Å². The Hall–Kier alpha value is -0.593. The molecule has 0 bridgehead atoms. The standard InChI is InChI=1S/C13H24BrN3OSi/c1-13(2,3)19(4,5)18-7-6-16-12-11(15)8-10(14)9-17-12/h8-9H,6-7,15H2,1-5H3,(H,16,17). The number of halogens is 1. The van der Waals surface area contributed by atoms with Crippen molar-refractivity contribution in [1.82, 2.24) is 4.98 Å². The van der Waals surface area contributed by atoms with Gasteiger partial charge >= 0.3 is 0 Å². The SMILES string of the molecule is CC(C)(C)[Si](C)(C)OCCNc1ncc(Br)cc1N. The molecule has 0 fully saturated rings. The predicted octanol–water partition coefficient (Wildman–Crippen LogP) is 3.86. The van der Waals surface area contributed by atoms with E-state index in [0.717, 1.165) is 4.47 Å². The highest BCUT2D eigenvalue weighted by Crippen LogP contribution is 2.36. The number of rotatable bonds is 5. The van der Waals surface area contributed by atoms with E-state index in [4.69, 9.17) is 10.2 Å². The van der Waals surface area contributed by atoms with Gasteiger partial charge in [0, 0.05) is 17.2 Å². The molecule has 1 aromatic rings. The number of hydrogen-bond acceptors (Lipinski definition) is 4. The third-order valence-corrected chi connectivity index (χ3v) is 8.52. The van der Waals surface area contributed by atoms with Gasteiger partial charge < -0.3 is 15.5 Å². The summed E-state index contributed by atoms with van der Waals surface area (Å²) in [5.41, 5.74) is 6.51. The lowest BCUT2D eigenvalue weighted by Crippen LogP contribution is -2.41. The highest BCUT2D eigenvalue weighted by atomic mass is 79.9. The smallest absolute Gasteiger partial charge is 0.192 e. The van der Waals surface area contributed by atoms with E-state index in [0.29, 0.717) is 24.7 Å². The molecule has 6 heteroatoms. The average molecular weight is 346 g/mol. The summed E-state index contributed by atoms with van der Waals surface area (Å²) in [5.74, 6) is 0.710. The van der Waals surface area contributed by atoms with E-state index < -0.39 is 8.32 Å². The number of nitrogens with one attached hydrogen (secondary N) is 1. The Bertz CT molecular complexity index is 432. The van der Waals surface area contributed by atoms with Gasteiger partial charge in [-0.1, -0.05) is 20.8 Å². The van der Waals surface area contributed by atoms with Gasteiger partial charge in [-0.3, -0.25) is 0 Å². The second kappa shape index (κ2) is 6.24. The first-order valence-corrected chi connectivity index (χ1v) is 10.1. The molecule has 0 atom stereocenters. The van der Waals surface area contributed by atoms with Crippen molar-refractivity contribution in [3.63, 3.8) is 0 Å². The first-order valence-electron chi connectivity index (χ1n) is 6.42. The van der Waals surface area contributed by atoms with Crippen LogP contribution in [0.25, 0.3) is 0 Å². The minimum atomic E-state index is -1.66. The van der Waals surface area contributed by atoms with E-state index >= 15 is 0 Å². The summed E-state index contributed by atoms with van der Waals surface area (Å²) < 4.78 is 6.96. The predicted molar refractivity (Wildman–Crippen MR) is 88.0 cm³/mol. The second-order valence-electron chi connectivity index (χ2n) is 6.13. The Morgan fingerprint density at radius 3 is 2.58 bits per heavy atom. The first kappa shape index (κ1) is 16.5. The van der Waals surface area contributed by atoms with Crippen LogP contribution in [0.2, 0.25) is 18.1 Å². The Kier molecular flexibility index (Phi) is 5.40. The highest BCUT2D eigenvalue weighted by molar-refractivity contribution is 9.10. The van der Waals surface area contributed by atoms with Crippen molar-refractivity contribution in [3.05, 3.63) is 16.7 Å². The zero-order valence-corrected chi connectivity index (χ0v) is 15.0. The van der Waals surface area contributed by atoms with E-state index in [1.54, 1.807) is 6.20 Å². The summed E-state index contributed by atoms with van der Waals surface area (Å²) in [6, 6.07) is 1.84. The van der Waals surface area contributed by atoms with Gasteiger partial charge in [0.15, 0.2) is 8.32 Å². The zero-order chi connectivity index (χ0) is 14.7. The van der Waals surface area contributed by atoms with Crippen LogP contribution in [0.5, 0.6) is 0 Å². The van der Waals surface area contributed by atoms with Crippen LogP contribution in [0, 0.1) is 0 Å². The zero-order valence-electron chi connectivity index (χ0n) is 12.4. The molecular weight excluding hydrogens is 322 g/mol. The molecule has 1 rings (SSSR count). The third kappa shape index (κ3) is 4.78. The number of hydrogen-bond donors (Lipinski definition) is 2. The molecule has 0 aromatic carbocycles. The molecule has 0 spiro atoms. The highest BCUT2D eigenvalue weighted by Gasteiger charge is 2.36. The normalized spacial score (nSPS) is 12.5. The van der Waals surface area contributed by atoms with Crippen LogP contribution in [-0.4, -0.2) is 26.5 Å². The van der Waals surface area contributed by atoms with Crippen molar-refractivity contribution >= 4 is 35.8 Å². The fraction of sp³-hybridized carbons (Fsp3) is 0.615. The first-order chi connectivity index (χ1) is 8.63. The number of nitrogens with two attached hydrogens (primary N) is 1. The maximum Gasteiger partial charge on any atom is 0.192 e. The van der Waals surface area contributed by atoms with Gasteiger partial charge in [-0.2, -0.15) is 0 Å². The van der Waals surface area contributed by atoms with Crippen LogP contribution < -0.4 is 11.1 Å². The lowest BCUT2D eigenvalue weighted by Gasteiger charge is -2.36. The van der Waals surface area contributed by atoms with E-state index in [-0.39, 0.29) is 5.04 Å². The number of anilines is 2. The molecule has 19 heavy (non-hydrogen) atoms.